The van der Waals surface area contributed by atoms with Crippen molar-refractivity contribution in [2.45, 2.75) is 25.4 Å². The number of amides is 1. The molecule has 1 N–H and O–H groups in total. The summed E-state index contributed by atoms with van der Waals surface area (Å²) < 4.78 is 6.02. The van der Waals surface area contributed by atoms with E-state index in [9.17, 15) is 4.79 Å². The van der Waals surface area contributed by atoms with Crippen LogP contribution in [0.25, 0.3) is 0 Å². The van der Waals surface area contributed by atoms with Crippen molar-refractivity contribution >= 4 is 27.7 Å². The predicted molar refractivity (Wildman–Crippen MR) is 62.0 cm³/mol. The highest BCUT2D eigenvalue weighted by Gasteiger charge is 2.19. The molecule has 1 fully saturated rings. The smallest absolute Gasteiger partial charge is 0.228 e. The first-order chi connectivity index (χ1) is 7.74. The number of carbonyl (C=O) groups is 1. The minimum absolute atomic E-state index is 0.0587. The molecule has 1 amide bonds. The fraction of sp³-hybridized carbons (Fsp3) is 0.500. The molecule has 1 aromatic heterocycles. The van der Waals surface area contributed by atoms with Crippen molar-refractivity contribution in [1.82, 2.24) is 9.97 Å². The summed E-state index contributed by atoms with van der Waals surface area (Å²) in [6.07, 6.45) is 5.50. The number of hydrogen-bond acceptors (Lipinski definition) is 4. The van der Waals surface area contributed by atoms with E-state index in [4.69, 9.17) is 4.74 Å². The Balaban J connectivity index is 1.84. The molecule has 86 valence electrons. The monoisotopic (exact) mass is 285 g/mol. The van der Waals surface area contributed by atoms with Crippen molar-refractivity contribution in [3.05, 3.63) is 17.0 Å². The molecule has 1 aliphatic heterocycles. The zero-order valence-electron chi connectivity index (χ0n) is 8.65. The summed E-state index contributed by atoms with van der Waals surface area (Å²) in [5.41, 5.74) is 0. The van der Waals surface area contributed by atoms with E-state index in [1.165, 1.54) is 6.20 Å². The molecule has 1 aromatic rings. The standard InChI is InChI=1S/C10H12BrN3O2/c11-8-5-13-9(6-12-8)14-10(15)4-7-2-1-3-16-7/h5-7H,1-4H2,(H,13,14,15). The second kappa shape index (κ2) is 5.36. The number of rotatable bonds is 3. The first kappa shape index (κ1) is 11.5. The Hall–Kier alpha value is -1.01. The van der Waals surface area contributed by atoms with Gasteiger partial charge in [-0.1, -0.05) is 0 Å². The molecule has 2 heterocycles. The van der Waals surface area contributed by atoms with E-state index in [1.54, 1.807) is 6.20 Å². The van der Waals surface area contributed by atoms with Gasteiger partial charge in [0.25, 0.3) is 0 Å². The van der Waals surface area contributed by atoms with Gasteiger partial charge in [0.2, 0.25) is 5.91 Å². The summed E-state index contributed by atoms with van der Waals surface area (Å²) in [4.78, 5) is 19.6. The van der Waals surface area contributed by atoms with Crippen LogP contribution >= 0.6 is 15.9 Å². The number of carbonyl (C=O) groups excluding carboxylic acids is 1. The van der Waals surface area contributed by atoms with Gasteiger partial charge in [-0.25, -0.2) is 9.97 Å². The Bertz CT molecular complexity index is 363. The minimum atomic E-state index is -0.0801. The highest BCUT2D eigenvalue weighted by atomic mass is 79.9. The molecule has 0 saturated carbocycles. The fourth-order valence-corrected chi connectivity index (χ4v) is 1.79. The van der Waals surface area contributed by atoms with E-state index in [0.29, 0.717) is 16.8 Å². The number of aromatic nitrogens is 2. The summed E-state index contributed by atoms with van der Waals surface area (Å²) in [5.74, 6) is 0.384. The fourth-order valence-electron chi connectivity index (χ4n) is 1.58. The zero-order chi connectivity index (χ0) is 11.4. The van der Waals surface area contributed by atoms with Gasteiger partial charge in [-0.3, -0.25) is 4.79 Å². The Morgan fingerprint density at radius 2 is 2.44 bits per heavy atom. The van der Waals surface area contributed by atoms with Gasteiger partial charge in [0, 0.05) is 6.61 Å². The third-order valence-electron chi connectivity index (χ3n) is 2.32. The molecular weight excluding hydrogens is 274 g/mol. The van der Waals surface area contributed by atoms with Crippen molar-refractivity contribution in [3.8, 4) is 0 Å². The Morgan fingerprint density at radius 1 is 1.56 bits per heavy atom. The molecule has 0 spiro atoms. The van der Waals surface area contributed by atoms with Crippen molar-refractivity contribution in [1.29, 1.82) is 0 Å². The third-order valence-corrected chi connectivity index (χ3v) is 2.73. The second-order valence-corrected chi connectivity index (χ2v) is 4.42. The molecule has 6 heteroatoms. The van der Waals surface area contributed by atoms with E-state index in [1.807, 2.05) is 0 Å². The molecule has 2 rings (SSSR count). The minimum Gasteiger partial charge on any atom is -0.378 e. The van der Waals surface area contributed by atoms with Crippen LogP contribution in [0.3, 0.4) is 0 Å². The maximum absolute atomic E-state index is 11.6. The van der Waals surface area contributed by atoms with Gasteiger partial charge in [-0.05, 0) is 28.8 Å². The highest BCUT2D eigenvalue weighted by molar-refractivity contribution is 9.10. The molecule has 0 aliphatic carbocycles. The predicted octanol–water partition coefficient (Wildman–Crippen LogP) is 1.75. The average Bonchev–Trinajstić information content (AvgIpc) is 2.74. The quantitative estimate of drug-likeness (QED) is 0.919. The van der Waals surface area contributed by atoms with Crippen LogP contribution in [0.2, 0.25) is 0 Å². The molecule has 1 saturated heterocycles. The maximum Gasteiger partial charge on any atom is 0.228 e. The van der Waals surface area contributed by atoms with Crippen LogP contribution in [0, 0.1) is 0 Å². The first-order valence-electron chi connectivity index (χ1n) is 5.13. The van der Waals surface area contributed by atoms with Gasteiger partial charge in [0.05, 0.1) is 24.9 Å². The van der Waals surface area contributed by atoms with E-state index >= 15 is 0 Å². The van der Waals surface area contributed by atoms with Crippen LogP contribution in [0.5, 0.6) is 0 Å². The van der Waals surface area contributed by atoms with Gasteiger partial charge in [-0.15, -0.1) is 0 Å². The second-order valence-electron chi connectivity index (χ2n) is 3.61. The molecule has 0 aromatic carbocycles. The summed E-state index contributed by atoms with van der Waals surface area (Å²) in [6.45, 7) is 0.760. The molecule has 16 heavy (non-hydrogen) atoms. The van der Waals surface area contributed by atoms with Gasteiger partial charge in [0.1, 0.15) is 4.60 Å². The molecule has 1 unspecified atom stereocenters. The maximum atomic E-state index is 11.6. The van der Waals surface area contributed by atoms with Crippen LogP contribution in [0.15, 0.2) is 17.0 Å². The molecular formula is C10H12BrN3O2. The van der Waals surface area contributed by atoms with E-state index in [0.717, 1.165) is 19.4 Å². The normalized spacial score (nSPS) is 19.7. The van der Waals surface area contributed by atoms with E-state index in [2.05, 4.69) is 31.2 Å². The van der Waals surface area contributed by atoms with Gasteiger partial charge in [0.15, 0.2) is 5.82 Å². The van der Waals surface area contributed by atoms with Crippen LogP contribution in [0.1, 0.15) is 19.3 Å². The zero-order valence-corrected chi connectivity index (χ0v) is 10.2. The van der Waals surface area contributed by atoms with Gasteiger partial charge < -0.3 is 10.1 Å². The molecule has 1 atom stereocenters. The van der Waals surface area contributed by atoms with Crippen LogP contribution < -0.4 is 5.32 Å². The van der Waals surface area contributed by atoms with Gasteiger partial charge in [-0.2, -0.15) is 0 Å². The van der Waals surface area contributed by atoms with Crippen molar-refractivity contribution in [2.75, 3.05) is 11.9 Å². The first-order valence-corrected chi connectivity index (χ1v) is 5.92. The lowest BCUT2D eigenvalue weighted by Gasteiger charge is -2.08. The average molecular weight is 286 g/mol. The number of nitrogens with one attached hydrogen (secondary N) is 1. The van der Waals surface area contributed by atoms with Gasteiger partial charge >= 0.3 is 0 Å². The lowest BCUT2D eigenvalue weighted by Crippen LogP contribution is -2.19. The largest absolute Gasteiger partial charge is 0.378 e. The number of ether oxygens (including phenoxy) is 1. The van der Waals surface area contributed by atoms with Crippen molar-refractivity contribution in [3.63, 3.8) is 0 Å². The lowest BCUT2D eigenvalue weighted by molar-refractivity contribution is -0.118. The Kier molecular flexibility index (Phi) is 3.84. The molecule has 0 bridgehead atoms. The number of hydrogen-bond donors (Lipinski definition) is 1. The van der Waals surface area contributed by atoms with Crippen LogP contribution in [-0.2, 0) is 9.53 Å². The topological polar surface area (TPSA) is 64.1 Å². The number of halogens is 1. The molecule has 5 nitrogen and oxygen atoms in total. The van der Waals surface area contributed by atoms with Crippen LogP contribution in [-0.4, -0.2) is 28.6 Å². The number of nitrogens with zero attached hydrogens (tertiary/aromatic N) is 2. The van der Waals surface area contributed by atoms with Crippen molar-refractivity contribution < 1.29 is 9.53 Å². The number of anilines is 1. The van der Waals surface area contributed by atoms with E-state index < -0.39 is 0 Å². The van der Waals surface area contributed by atoms with Crippen molar-refractivity contribution in [2.24, 2.45) is 0 Å². The summed E-state index contributed by atoms with van der Waals surface area (Å²) in [5, 5.41) is 2.68. The SMILES string of the molecule is O=C(CC1CCCO1)Nc1cnc(Br)cn1. The summed E-state index contributed by atoms with van der Waals surface area (Å²) in [7, 11) is 0. The summed E-state index contributed by atoms with van der Waals surface area (Å²) in [6, 6.07) is 0. The van der Waals surface area contributed by atoms with Crippen LogP contribution in [0.4, 0.5) is 5.82 Å². The lowest BCUT2D eigenvalue weighted by atomic mass is 10.2. The highest BCUT2D eigenvalue weighted by Crippen LogP contribution is 2.16. The molecule has 0 radical (unpaired) electrons. The Morgan fingerprint density at radius 3 is 3.06 bits per heavy atom. The Labute approximate surface area is 102 Å². The third kappa shape index (κ3) is 3.24. The molecule has 1 aliphatic rings. The van der Waals surface area contributed by atoms with E-state index in [-0.39, 0.29) is 12.0 Å². The summed E-state index contributed by atoms with van der Waals surface area (Å²) >= 11 is 3.18.